The molecule has 0 saturated carbocycles. The second-order valence-electron chi connectivity index (χ2n) is 6.90. The number of hydrogen-bond donors (Lipinski definition) is 2. The Morgan fingerprint density at radius 1 is 1.07 bits per heavy atom. The van der Waals surface area contributed by atoms with Crippen LogP contribution in [-0.2, 0) is 4.79 Å². The topological polar surface area (TPSA) is 97.7 Å². The molecular weight excluding hydrogens is 372 g/mol. The number of aromatic nitrogens is 3. The van der Waals surface area contributed by atoms with E-state index in [9.17, 15) is 9.59 Å². The summed E-state index contributed by atoms with van der Waals surface area (Å²) in [5.74, 6) is 1.39. The largest absolute Gasteiger partial charge is 0.493 e. The van der Waals surface area contributed by atoms with E-state index < -0.39 is 5.92 Å². The Kier molecular flexibility index (Phi) is 3.80. The van der Waals surface area contributed by atoms with Gasteiger partial charge < -0.3 is 14.8 Å². The number of para-hydroxylation sites is 2. The van der Waals surface area contributed by atoms with Crippen LogP contribution in [0, 0.1) is 0 Å². The number of fused-ring (bicyclic) bond motifs is 5. The first-order valence-electron chi connectivity index (χ1n) is 9.16. The van der Waals surface area contributed by atoms with E-state index in [1.54, 1.807) is 24.7 Å². The summed E-state index contributed by atoms with van der Waals surface area (Å²) in [6.45, 7) is 0. The second kappa shape index (κ2) is 6.37. The van der Waals surface area contributed by atoms with Crippen molar-refractivity contribution in [2.75, 3.05) is 19.5 Å². The summed E-state index contributed by atoms with van der Waals surface area (Å²) in [5.41, 5.74) is 2.56. The maximum atomic E-state index is 13.0. The number of nitrogens with one attached hydrogen (secondary N) is 2. The molecule has 4 aromatic rings. The van der Waals surface area contributed by atoms with Crippen LogP contribution in [0.2, 0.25) is 0 Å². The minimum atomic E-state index is -0.423. The van der Waals surface area contributed by atoms with Gasteiger partial charge in [0.05, 0.1) is 30.8 Å². The van der Waals surface area contributed by atoms with E-state index in [0.29, 0.717) is 28.7 Å². The highest BCUT2D eigenvalue weighted by Gasteiger charge is 2.32. The first kappa shape index (κ1) is 17.3. The highest BCUT2D eigenvalue weighted by Crippen LogP contribution is 2.39. The van der Waals surface area contributed by atoms with Gasteiger partial charge in [0.1, 0.15) is 5.82 Å². The van der Waals surface area contributed by atoms with Crippen molar-refractivity contribution in [1.82, 2.24) is 14.4 Å². The molecule has 2 N–H and O–H groups in total. The standard InChI is InChI=1S/C21H18N4O4/c1-28-15-8-7-11(9-16(15)29-2)12-10-17(26)23-19-18(12)20(27)24-21-22-13-5-3-4-6-14(13)25(19)21/h3-9,12H,10H2,1-2H3,(H,23,26)(H,22,24,27)/t12-/m0/s1. The Hall–Kier alpha value is -3.81. The molecule has 0 fully saturated rings. The molecule has 8 heteroatoms. The number of hydrogen-bond acceptors (Lipinski definition) is 5. The second-order valence-corrected chi connectivity index (χ2v) is 6.90. The molecule has 1 atom stereocenters. The number of carbonyl (C=O) groups excluding carboxylic acids is 1. The number of nitrogens with zero attached hydrogens (tertiary/aromatic N) is 2. The van der Waals surface area contributed by atoms with Crippen LogP contribution >= 0.6 is 0 Å². The smallest absolute Gasteiger partial charge is 0.258 e. The molecule has 0 radical (unpaired) electrons. The Balaban J connectivity index is 1.79. The van der Waals surface area contributed by atoms with Gasteiger partial charge >= 0.3 is 0 Å². The summed E-state index contributed by atoms with van der Waals surface area (Å²) in [7, 11) is 3.11. The molecule has 0 unspecified atom stereocenters. The van der Waals surface area contributed by atoms with Crippen molar-refractivity contribution in [3.8, 4) is 11.5 Å². The molecule has 8 nitrogen and oxygen atoms in total. The Bertz CT molecular complexity index is 1340. The fourth-order valence-corrected chi connectivity index (χ4v) is 4.00. The average Bonchev–Trinajstić information content (AvgIpc) is 3.10. The van der Waals surface area contributed by atoms with Gasteiger partial charge in [-0.05, 0) is 29.8 Å². The first-order valence-corrected chi connectivity index (χ1v) is 9.16. The molecule has 29 heavy (non-hydrogen) atoms. The van der Waals surface area contributed by atoms with Crippen LogP contribution in [-0.4, -0.2) is 34.5 Å². The lowest BCUT2D eigenvalue weighted by Crippen LogP contribution is -2.32. The summed E-state index contributed by atoms with van der Waals surface area (Å²) in [6.07, 6.45) is 0.156. The molecule has 0 spiro atoms. The molecule has 0 saturated heterocycles. The van der Waals surface area contributed by atoms with E-state index in [1.807, 2.05) is 36.4 Å². The van der Waals surface area contributed by atoms with Crippen molar-refractivity contribution in [2.45, 2.75) is 12.3 Å². The number of methoxy groups -OCH3 is 2. The van der Waals surface area contributed by atoms with Crippen LogP contribution in [0.15, 0.2) is 47.3 Å². The molecule has 1 aliphatic heterocycles. The van der Waals surface area contributed by atoms with Gasteiger partial charge in [-0.1, -0.05) is 18.2 Å². The molecule has 1 aliphatic rings. The number of rotatable bonds is 3. The van der Waals surface area contributed by atoms with Crippen LogP contribution in [0.4, 0.5) is 5.82 Å². The van der Waals surface area contributed by atoms with E-state index >= 15 is 0 Å². The molecule has 146 valence electrons. The van der Waals surface area contributed by atoms with Gasteiger partial charge in [0.2, 0.25) is 11.7 Å². The van der Waals surface area contributed by atoms with Gasteiger partial charge in [-0.15, -0.1) is 0 Å². The number of carbonyl (C=O) groups is 1. The monoisotopic (exact) mass is 390 g/mol. The van der Waals surface area contributed by atoms with Gasteiger partial charge in [0.15, 0.2) is 11.5 Å². The molecule has 3 heterocycles. The zero-order chi connectivity index (χ0) is 20.1. The molecule has 5 rings (SSSR count). The van der Waals surface area contributed by atoms with Crippen molar-refractivity contribution in [3.05, 3.63) is 63.9 Å². The average molecular weight is 390 g/mol. The van der Waals surface area contributed by atoms with Crippen LogP contribution in [0.1, 0.15) is 23.5 Å². The number of aromatic amines is 1. The van der Waals surface area contributed by atoms with Crippen LogP contribution < -0.4 is 20.3 Å². The number of imidazole rings is 1. The minimum absolute atomic E-state index is 0.156. The maximum absolute atomic E-state index is 13.0. The fraction of sp³-hybridized carbons (Fsp3) is 0.190. The summed E-state index contributed by atoms with van der Waals surface area (Å²) in [6, 6.07) is 13.0. The predicted molar refractivity (Wildman–Crippen MR) is 108 cm³/mol. The van der Waals surface area contributed by atoms with Crippen molar-refractivity contribution in [2.24, 2.45) is 0 Å². The summed E-state index contributed by atoms with van der Waals surface area (Å²) in [4.78, 5) is 32.9. The van der Waals surface area contributed by atoms with E-state index in [4.69, 9.17) is 9.47 Å². The normalized spacial score (nSPS) is 15.9. The van der Waals surface area contributed by atoms with Gasteiger partial charge in [-0.25, -0.2) is 4.98 Å². The highest BCUT2D eigenvalue weighted by atomic mass is 16.5. The zero-order valence-electron chi connectivity index (χ0n) is 15.9. The third-order valence-electron chi connectivity index (χ3n) is 5.32. The maximum Gasteiger partial charge on any atom is 0.258 e. The van der Waals surface area contributed by atoms with Crippen LogP contribution in [0.25, 0.3) is 16.8 Å². The van der Waals surface area contributed by atoms with Gasteiger partial charge in [-0.3, -0.25) is 19.0 Å². The number of amides is 1. The van der Waals surface area contributed by atoms with Crippen molar-refractivity contribution in [3.63, 3.8) is 0 Å². The summed E-state index contributed by atoms with van der Waals surface area (Å²) < 4.78 is 12.5. The summed E-state index contributed by atoms with van der Waals surface area (Å²) >= 11 is 0. The van der Waals surface area contributed by atoms with Crippen LogP contribution in [0.3, 0.4) is 0 Å². The quantitative estimate of drug-likeness (QED) is 0.561. The molecule has 2 aromatic heterocycles. The lowest BCUT2D eigenvalue weighted by Gasteiger charge is -2.26. The number of anilines is 1. The molecular formula is C21H18N4O4. The van der Waals surface area contributed by atoms with Crippen molar-refractivity contribution in [1.29, 1.82) is 0 Å². The van der Waals surface area contributed by atoms with Crippen molar-refractivity contribution < 1.29 is 14.3 Å². The Morgan fingerprint density at radius 3 is 2.66 bits per heavy atom. The fourth-order valence-electron chi connectivity index (χ4n) is 4.00. The van der Waals surface area contributed by atoms with E-state index in [2.05, 4.69) is 15.3 Å². The molecule has 0 bridgehead atoms. The van der Waals surface area contributed by atoms with Crippen molar-refractivity contribution >= 4 is 28.5 Å². The first-order chi connectivity index (χ1) is 14.1. The lowest BCUT2D eigenvalue weighted by molar-refractivity contribution is -0.116. The Labute approximate surface area is 165 Å². The van der Waals surface area contributed by atoms with E-state index in [0.717, 1.165) is 16.6 Å². The summed E-state index contributed by atoms with van der Waals surface area (Å²) in [5, 5.41) is 2.88. The molecule has 0 aliphatic carbocycles. The van der Waals surface area contributed by atoms with Crippen LogP contribution in [0.5, 0.6) is 11.5 Å². The zero-order valence-corrected chi connectivity index (χ0v) is 15.9. The lowest BCUT2D eigenvalue weighted by atomic mass is 9.86. The van der Waals surface area contributed by atoms with E-state index in [-0.39, 0.29) is 17.9 Å². The Morgan fingerprint density at radius 2 is 1.86 bits per heavy atom. The van der Waals surface area contributed by atoms with Gasteiger partial charge in [-0.2, -0.15) is 0 Å². The number of H-pyrrole nitrogens is 1. The molecule has 2 aromatic carbocycles. The van der Waals surface area contributed by atoms with Gasteiger partial charge in [0.25, 0.3) is 5.56 Å². The van der Waals surface area contributed by atoms with Gasteiger partial charge in [0, 0.05) is 12.3 Å². The SMILES string of the molecule is COc1ccc([C@@H]2CC(=O)Nc3c2c(=O)[nH]c2nc4ccccc4n32)cc1OC. The number of benzene rings is 2. The highest BCUT2D eigenvalue weighted by molar-refractivity contribution is 5.96. The number of ether oxygens (including phenoxy) is 2. The third-order valence-corrected chi connectivity index (χ3v) is 5.32. The third kappa shape index (κ3) is 2.56. The minimum Gasteiger partial charge on any atom is -0.493 e. The van der Waals surface area contributed by atoms with E-state index in [1.165, 1.54) is 0 Å². The predicted octanol–water partition coefficient (Wildman–Crippen LogP) is 2.67. The molecule has 1 amide bonds.